The first-order chi connectivity index (χ1) is 12.1. The van der Waals surface area contributed by atoms with Gasteiger partial charge in [0.05, 0.1) is 24.9 Å². The van der Waals surface area contributed by atoms with Crippen LogP contribution in [0.15, 0.2) is 34.7 Å². The van der Waals surface area contributed by atoms with Gasteiger partial charge >= 0.3 is 5.97 Å². The molecule has 1 aromatic heterocycles. The SMILES string of the molecule is CCOC(=O)Cc1csc(NN=Cc2ccc(OCC(F)F)cc2)n1. The number of carbonyl (C=O) groups excluding carboxylic acids is 1. The van der Waals surface area contributed by atoms with E-state index in [0.717, 1.165) is 5.56 Å². The Morgan fingerprint density at radius 1 is 1.40 bits per heavy atom. The fourth-order valence-corrected chi connectivity index (χ4v) is 2.43. The Morgan fingerprint density at radius 2 is 2.16 bits per heavy atom. The van der Waals surface area contributed by atoms with Gasteiger partial charge < -0.3 is 9.47 Å². The number of thiazole rings is 1. The Labute approximate surface area is 147 Å². The molecule has 0 aliphatic rings. The number of aromatic nitrogens is 1. The maximum atomic E-state index is 12.1. The molecule has 0 bridgehead atoms. The molecule has 0 spiro atoms. The van der Waals surface area contributed by atoms with Crippen molar-refractivity contribution < 1.29 is 23.0 Å². The Balaban J connectivity index is 1.82. The molecule has 0 saturated carbocycles. The largest absolute Gasteiger partial charge is 0.488 e. The summed E-state index contributed by atoms with van der Waals surface area (Å²) in [6.45, 7) is 1.45. The molecule has 0 amide bonds. The predicted octanol–water partition coefficient (Wildman–Crippen LogP) is 3.34. The molecule has 0 aliphatic heterocycles. The molecule has 0 saturated heterocycles. The first-order valence-corrected chi connectivity index (χ1v) is 8.35. The van der Waals surface area contributed by atoms with Gasteiger partial charge in [-0.05, 0) is 36.8 Å². The number of carbonyl (C=O) groups is 1. The number of halogens is 2. The lowest BCUT2D eigenvalue weighted by Crippen LogP contribution is -2.07. The third-order valence-corrected chi connectivity index (χ3v) is 3.61. The zero-order valence-corrected chi connectivity index (χ0v) is 14.3. The standard InChI is InChI=1S/C16H17F2N3O3S/c1-2-23-15(22)7-12-10-25-16(20-12)21-19-8-11-3-5-13(6-4-11)24-9-14(17)18/h3-6,8,10,14H,2,7,9H2,1H3,(H,20,21). The second-order valence-electron chi connectivity index (χ2n) is 4.77. The van der Waals surface area contributed by atoms with Gasteiger partial charge in [0.1, 0.15) is 12.4 Å². The van der Waals surface area contributed by atoms with E-state index in [-0.39, 0.29) is 12.4 Å². The molecule has 1 heterocycles. The number of hydrogen-bond donors (Lipinski definition) is 1. The zero-order chi connectivity index (χ0) is 18.1. The molecule has 0 radical (unpaired) electrons. The number of rotatable bonds is 9. The van der Waals surface area contributed by atoms with Crippen molar-refractivity contribution in [3.05, 3.63) is 40.9 Å². The van der Waals surface area contributed by atoms with Crippen LogP contribution in [-0.2, 0) is 16.0 Å². The molecular weight excluding hydrogens is 352 g/mol. The van der Waals surface area contributed by atoms with Gasteiger partial charge in [-0.1, -0.05) is 0 Å². The molecule has 2 rings (SSSR count). The average Bonchev–Trinajstić information content (AvgIpc) is 3.01. The number of nitrogens with zero attached hydrogens (tertiary/aromatic N) is 2. The van der Waals surface area contributed by atoms with Gasteiger partial charge in [0.25, 0.3) is 6.43 Å². The number of benzene rings is 1. The van der Waals surface area contributed by atoms with Gasteiger partial charge in [0.2, 0.25) is 5.13 Å². The van der Waals surface area contributed by atoms with Crippen LogP contribution in [0.3, 0.4) is 0 Å². The molecule has 9 heteroatoms. The smallest absolute Gasteiger partial charge is 0.311 e. The van der Waals surface area contributed by atoms with E-state index in [1.165, 1.54) is 11.3 Å². The van der Waals surface area contributed by atoms with E-state index in [1.54, 1.807) is 42.8 Å². The summed E-state index contributed by atoms with van der Waals surface area (Å²) in [6.07, 6.45) is -0.823. The molecule has 2 aromatic rings. The lowest BCUT2D eigenvalue weighted by Gasteiger charge is -2.04. The van der Waals surface area contributed by atoms with E-state index in [2.05, 4.69) is 15.5 Å². The lowest BCUT2D eigenvalue weighted by atomic mass is 10.2. The van der Waals surface area contributed by atoms with Gasteiger partial charge in [0.15, 0.2) is 0 Å². The van der Waals surface area contributed by atoms with Crippen molar-refractivity contribution in [2.24, 2.45) is 5.10 Å². The Hall–Kier alpha value is -2.55. The molecule has 1 aromatic carbocycles. The summed E-state index contributed by atoms with van der Waals surface area (Å²) in [5.41, 5.74) is 4.14. The van der Waals surface area contributed by atoms with E-state index >= 15 is 0 Å². The fraction of sp³-hybridized carbons (Fsp3) is 0.312. The van der Waals surface area contributed by atoms with Gasteiger partial charge in [-0.25, -0.2) is 13.8 Å². The molecule has 0 unspecified atom stereocenters. The Kier molecular flexibility index (Phi) is 7.27. The van der Waals surface area contributed by atoms with E-state index in [4.69, 9.17) is 9.47 Å². The topological polar surface area (TPSA) is 72.8 Å². The van der Waals surface area contributed by atoms with E-state index in [1.807, 2.05) is 0 Å². The highest BCUT2D eigenvalue weighted by atomic mass is 32.1. The fourth-order valence-electron chi connectivity index (χ4n) is 1.77. The summed E-state index contributed by atoms with van der Waals surface area (Å²) in [5.74, 6) is 0.0472. The highest BCUT2D eigenvalue weighted by Gasteiger charge is 2.08. The number of ether oxygens (including phenoxy) is 2. The summed E-state index contributed by atoms with van der Waals surface area (Å²) in [7, 11) is 0. The quantitative estimate of drug-likeness (QED) is 0.417. The van der Waals surface area contributed by atoms with E-state index in [9.17, 15) is 13.6 Å². The Morgan fingerprint density at radius 3 is 2.84 bits per heavy atom. The summed E-state index contributed by atoms with van der Waals surface area (Å²) in [6, 6.07) is 6.56. The van der Waals surface area contributed by atoms with Crippen molar-refractivity contribution in [3.8, 4) is 5.75 Å². The van der Waals surface area contributed by atoms with E-state index in [0.29, 0.717) is 23.2 Å². The highest BCUT2D eigenvalue weighted by Crippen LogP contribution is 2.16. The van der Waals surface area contributed by atoms with E-state index < -0.39 is 13.0 Å². The monoisotopic (exact) mass is 369 g/mol. The van der Waals surface area contributed by atoms with Crippen LogP contribution in [-0.4, -0.2) is 36.8 Å². The van der Waals surface area contributed by atoms with Crippen molar-refractivity contribution >= 4 is 28.7 Å². The van der Waals surface area contributed by atoms with Crippen LogP contribution in [0.4, 0.5) is 13.9 Å². The molecule has 0 atom stereocenters. The third kappa shape index (κ3) is 6.84. The van der Waals surface area contributed by atoms with Crippen LogP contribution in [0.1, 0.15) is 18.2 Å². The third-order valence-electron chi connectivity index (χ3n) is 2.81. The molecular formula is C16H17F2N3O3S. The Bertz CT molecular complexity index is 705. The second-order valence-corrected chi connectivity index (χ2v) is 5.63. The number of alkyl halides is 2. The molecule has 0 fully saturated rings. The van der Waals surface area contributed by atoms with Crippen LogP contribution in [0, 0.1) is 0 Å². The second kappa shape index (κ2) is 9.67. The normalized spacial score (nSPS) is 11.0. The summed E-state index contributed by atoms with van der Waals surface area (Å²) in [5, 5.41) is 6.34. The minimum atomic E-state index is -2.50. The molecule has 6 nitrogen and oxygen atoms in total. The van der Waals surface area contributed by atoms with Gasteiger partial charge in [-0.2, -0.15) is 5.10 Å². The van der Waals surface area contributed by atoms with Crippen molar-refractivity contribution in [2.75, 3.05) is 18.6 Å². The number of hydrogen-bond acceptors (Lipinski definition) is 7. The summed E-state index contributed by atoms with van der Waals surface area (Å²) < 4.78 is 33.9. The maximum absolute atomic E-state index is 12.1. The molecule has 25 heavy (non-hydrogen) atoms. The van der Waals surface area contributed by atoms with Crippen LogP contribution >= 0.6 is 11.3 Å². The average molecular weight is 369 g/mol. The molecule has 0 aliphatic carbocycles. The van der Waals surface area contributed by atoms with Crippen molar-refractivity contribution in [2.45, 2.75) is 19.8 Å². The number of esters is 1. The first-order valence-electron chi connectivity index (χ1n) is 7.47. The first kappa shape index (κ1) is 18.8. The van der Waals surface area contributed by atoms with Crippen molar-refractivity contribution in [1.29, 1.82) is 0 Å². The van der Waals surface area contributed by atoms with Gasteiger partial charge in [-0.3, -0.25) is 10.2 Å². The van der Waals surface area contributed by atoms with Crippen molar-refractivity contribution in [1.82, 2.24) is 4.98 Å². The summed E-state index contributed by atoms with van der Waals surface area (Å²) >= 11 is 1.32. The van der Waals surface area contributed by atoms with Gasteiger partial charge in [0, 0.05) is 5.38 Å². The van der Waals surface area contributed by atoms with Gasteiger partial charge in [-0.15, -0.1) is 11.3 Å². The minimum absolute atomic E-state index is 0.121. The van der Waals surface area contributed by atoms with Crippen molar-refractivity contribution in [3.63, 3.8) is 0 Å². The lowest BCUT2D eigenvalue weighted by molar-refractivity contribution is -0.142. The molecule has 134 valence electrons. The predicted molar refractivity (Wildman–Crippen MR) is 91.6 cm³/mol. The minimum Gasteiger partial charge on any atom is -0.488 e. The van der Waals surface area contributed by atoms with Crippen LogP contribution < -0.4 is 10.2 Å². The van der Waals surface area contributed by atoms with Crippen LogP contribution in [0.25, 0.3) is 0 Å². The van der Waals surface area contributed by atoms with Crippen LogP contribution in [0.5, 0.6) is 5.75 Å². The highest BCUT2D eigenvalue weighted by molar-refractivity contribution is 7.13. The number of anilines is 1. The van der Waals surface area contributed by atoms with Crippen LogP contribution in [0.2, 0.25) is 0 Å². The molecule has 1 N–H and O–H groups in total. The summed E-state index contributed by atoms with van der Waals surface area (Å²) in [4.78, 5) is 15.6. The maximum Gasteiger partial charge on any atom is 0.311 e. The zero-order valence-electron chi connectivity index (χ0n) is 13.4. The number of hydrazone groups is 1. The number of nitrogens with one attached hydrogen (secondary N) is 1.